The van der Waals surface area contributed by atoms with E-state index in [1.54, 1.807) is 48.5 Å². The van der Waals surface area contributed by atoms with Crippen LogP contribution in [0.4, 0.5) is 17.1 Å². The highest BCUT2D eigenvalue weighted by Crippen LogP contribution is 2.37. The molecule has 0 saturated heterocycles. The SMILES string of the molecule is COC(=O)c1sc2cc(NC(=S)Nc3ccc(S(=O)(=O)Nc4ccc(OC)cc4)cc3)ccc2c1Cl. The summed E-state index contributed by atoms with van der Waals surface area (Å²) < 4.78 is 38.6. The van der Waals surface area contributed by atoms with Crippen LogP contribution < -0.4 is 20.1 Å². The van der Waals surface area contributed by atoms with Crippen LogP contribution in [-0.4, -0.2) is 33.7 Å². The Balaban J connectivity index is 1.41. The number of sulfonamides is 1. The Morgan fingerprint density at radius 3 is 2.17 bits per heavy atom. The average Bonchev–Trinajstić information content (AvgIpc) is 3.19. The number of halogens is 1. The van der Waals surface area contributed by atoms with Crippen molar-refractivity contribution in [1.29, 1.82) is 0 Å². The van der Waals surface area contributed by atoms with Gasteiger partial charge in [0, 0.05) is 27.1 Å². The summed E-state index contributed by atoms with van der Waals surface area (Å²) in [6.07, 6.45) is 0. The molecule has 4 aromatic rings. The van der Waals surface area contributed by atoms with Crippen molar-refractivity contribution in [2.45, 2.75) is 4.90 Å². The normalized spacial score (nSPS) is 11.1. The molecule has 0 unspecified atom stereocenters. The molecule has 0 saturated carbocycles. The highest BCUT2D eigenvalue weighted by molar-refractivity contribution is 7.92. The zero-order valence-corrected chi connectivity index (χ0v) is 22.2. The number of hydrogen-bond donors (Lipinski definition) is 3. The largest absolute Gasteiger partial charge is 0.497 e. The first kappa shape index (κ1) is 25.7. The Kier molecular flexibility index (Phi) is 7.65. The van der Waals surface area contributed by atoms with Crippen LogP contribution in [0.3, 0.4) is 0 Å². The molecule has 0 amide bonds. The predicted molar refractivity (Wildman–Crippen MR) is 148 cm³/mol. The van der Waals surface area contributed by atoms with Crippen LogP contribution in [-0.2, 0) is 14.8 Å². The number of methoxy groups -OCH3 is 2. The number of thiocarbonyl (C=S) groups is 1. The van der Waals surface area contributed by atoms with Crippen molar-refractivity contribution in [3.8, 4) is 5.75 Å². The first-order valence-electron chi connectivity index (χ1n) is 10.4. The number of carbonyl (C=O) groups excluding carboxylic acids is 1. The van der Waals surface area contributed by atoms with E-state index in [-0.39, 0.29) is 4.90 Å². The molecular formula is C24H20ClN3O5S3. The lowest BCUT2D eigenvalue weighted by atomic mass is 10.2. The molecule has 0 radical (unpaired) electrons. The van der Waals surface area contributed by atoms with Crippen molar-refractivity contribution in [1.82, 2.24) is 0 Å². The minimum absolute atomic E-state index is 0.101. The fourth-order valence-corrected chi connectivity index (χ4v) is 6.01. The molecule has 1 heterocycles. The summed E-state index contributed by atoms with van der Waals surface area (Å²) in [5.41, 5.74) is 1.72. The van der Waals surface area contributed by atoms with E-state index in [2.05, 4.69) is 15.4 Å². The van der Waals surface area contributed by atoms with E-state index < -0.39 is 16.0 Å². The second kappa shape index (κ2) is 10.7. The maximum atomic E-state index is 12.7. The van der Waals surface area contributed by atoms with Gasteiger partial charge in [-0.3, -0.25) is 4.72 Å². The standard InChI is InChI=1S/C24H20ClN3O5S3/c1-32-17-8-3-15(4-9-17)28-36(30,31)18-10-5-14(6-11-18)26-24(34)27-16-7-12-19-20(13-16)35-22(21(19)25)23(29)33-2/h3-13,28H,1-2H3,(H2,26,27,34). The number of benzene rings is 3. The van der Waals surface area contributed by atoms with Gasteiger partial charge in [-0.2, -0.15) is 0 Å². The molecule has 8 nitrogen and oxygen atoms in total. The van der Waals surface area contributed by atoms with Crippen molar-refractivity contribution in [3.63, 3.8) is 0 Å². The quantitative estimate of drug-likeness (QED) is 0.187. The Hall–Kier alpha value is -3.38. The van der Waals surface area contributed by atoms with Crippen LogP contribution in [0.25, 0.3) is 10.1 Å². The monoisotopic (exact) mass is 561 g/mol. The summed E-state index contributed by atoms with van der Waals surface area (Å²) in [4.78, 5) is 12.3. The Morgan fingerprint density at radius 1 is 0.917 bits per heavy atom. The maximum Gasteiger partial charge on any atom is 0.349 e. The van der Waals surface area contributed by atoms with Crippen LogP contribution in [0.1, 0.15) is 9.67 Å². The molecule has 3 aromatic carbocycles. The van der Waals surface area contributed by atoms with Gasteiger partial charge < -0.3 is 20.1 Å². The van der Waals surface area contributed by atoms with Crippen LogP contribution in [0.15, 0.2) is 71.6 Å². The summed E-state index contributed by atoms with van der Waals surface area (Å²) in [6.45, 7) is 0. The van der Waals surface area contributed by atoms with Crippen LogP contribution in [0.5, 0.6) is 5.75 Å². The van der Waals surface area contributed by atoms with Gasteiger partial charge in [0.2, 0.25) is 0 Å². The predicted octanol–water partition coefficient (Wildman–Crippen LogP) is 5.96. The van der Waals surface area contributed by atoms with Crippen molar-refractivity contribution < 1.29 is 22.7 Å². The first-order chi connectivity index (χ1) is 17.2. The molecule has 3 N–H and O–H groups in total. The van der Waals surface area contributed by atoms with Crippen molar-refractivity contribution in [2.24, 2.45) is 0 Å². The zero-order chi connectivity index (χ0) is 25.9. The van der Waals surface area contributed by atoms with E-state index in [0.717, 1.165) is 10.1 Å². The van der Waals surface area contributed by atoms with Gasteiger partial charge in [0.05, 0.1) is 24.1 Å². The topological polar surface area (TPSA) is 106 Å². The Morgan fingerprint density at radius 2 is 1.53 bits per heavy atom. The number of nitrogens with one attached hydrogen (secondary N) is 3. The summed E-state index contributed by atoms with van der Waals surface area (Å²) in [7, 11) is -0.924. The number of fused-ring (bicyclic) bond motifs is 1. The van der Waals surface area contributed by atoms with Crippen molar-refractivity contribution >= 4 is 83.4 Å². The number of rotatable bonds is 7. The van der Waals surface area contributed by atoms with Crippen LogP contribution in [0.2, 0.25) is 5.02 Å². The third-order valence-electron chi connectivity index (χ3n) is 5.02. The second-order valence-corrected chi connectivity index (χ2v) is 10.9. The molecule has 1 aromatic heterocycles. The highest BCUT2D eigenvalue weighted by atomic mass is 35.5. The molecular weight excluding hydrogens is 542 g/mol. The maximum absolute atomic E-state index is 12.7. The number of carbonyl (C=O) groups is 1. The molecule has 4 rings (SSSR count). The van der Waals surface area contributed by atoms with Gasteiger partial charge in [0.1, 0.15) is 10.6 Å². The molecule has 0 aliphatic rings. The van der Waals surface area contributed by atoms with Gasteiger partial charge >= 0.3 is 5.97 Å². The van der Waals surface area contributed by atoms with Gasteiger partial charge in [0.25, 0.3) is 10.0 Å². The lowest BCUT2D eigenvalue weighted by Gasteiger charge is -2.12. The van der Waals surface area contributed by atoms with E-state index in [4.69, 9.17) is 33.3 Å². The fourth-order valence-electron chi connectivity index (χ4n) is 3.25. The van der Waals surface area contributed by atoms with E-state index in [1.165, 1.54) is 37.7 Å². The van der Waals surface area contributed by atoms with E-state index in [1.807, 2.05) is 6.07 Å². The molecule has 0 atom stereocenters. The molecule has 0 bridgehead atoms. The molecule has 0 aliphatic heterocycles. The van der Waals surface area contributed by atoms with E-state index in [9.17, 15) is 13.2 Å². The molecule has 36 heavy (non-hydrogen) atoms. The smallest absolute Gasteiger partial charge is 0.349 e. The molecule has 186 valence electrons. The lowest BCUT2D eigenvalue weighted by Crippen LogP contribution is -2.19. The van der Waals surface area contributed by atoms with Crippen molar-refractivity contribution in [3.05, 3.63) is 76.6 Å². The van der Waals surface area contributed by atoms with Gasteiger partial charge in [-0.15, -0.1) is 11.3 Å². The Bertz CT molecular complexity index is 1540. The number of ether oxygens (including phenoxy) is 2. The highest BCUT2D eigenvalue weighted by Gasteiger charge is 2.18. The summed E-state index contributed by atoms with van der Waals surface area (Å²) in [5.74, 6) is 0.139. The third-order valence-corrected chi connectivity index (χ3v) is 8.26. The number of anilines is 3. The average molecular weight is 562 g/mol. The third kappa shape index (κ3) is 5.71. The minimum atomic E-state index is -3.77. The molecule has 0 spiro atoms. The Labute approximate surface area is 222 Å². The molecule has 12 heteroatoms. The summed E-state index contributed by atoms with van der Waals surface area (Å²) >= 11 is 12.9. The lowest BCUT2D eigenvalue weighted by molar-refractivity contribution is 0.0606. The second-order valence-electron chi connectivity index (χ2n) is 7.39. The van der Waals surface area contributed by atoms with E-state index >= 15 is 0 Å². The molecule has 0 aliphatic carbocycles. The van der Waals surface area contributed by atoms with Crippen LogP contribution >= 0.6 is 35.2 Å². The molecule has 0 fully saturated rings. The summed E-state index contributed by atoms with van der Waals surface area (Å²) in [6, 6.07) is 18.2. The van der Waals surface area contributed by atoms with Gasteiger partial charge in [0.15, 0.2) is 5.11 Å². The summed E-state index contributed by atoms with van der Waals surface area (Å²) in [5, 5.41) is 7.48. The van der Waals surface area contributed by atoms with Gasteiger partial charge in [-0.1, -0.05) is 11.6 Å². The number of hydrogen-bond acceptors (Lipinski definition) is 7. The van der Waals surface area contributed by atoms with E-state index in [0.29, 0.717) is 37.8 Å². The van der Waals surface area contributed by atoms with Crippen molar-refractivity contribution in [2.75, 3.05) is 29.6 Å². The zero-order valence-electron chi connectivity index (χ0n) is 19.0. The van der Waals surface area contributed by atoms with Gasteiger partial charge in [-0.25, -0.2) is 13.2 Å². The fraction of sp³-hybridized carbons (Fsp3) is 0.0833. The minimum Gasteiger partial charge on any atom is -0.497 e. The first-order valence-corrected chi connectivity index (χ1v) is 13.4. The van der Waals surface area contributed by atoms with Crippen LogP contribution in [0, 0.1) is 0 Å². The van der Waals surface area contributed by atoms with Gasteiger partial charge in [-0.05, 0) is 78.9 Å². The number of thiophene rings is 1. The number of esters is 1.